The lowest BCUT2D eigenvalue weighted by molar-refractivity contribution is -0.385. The Balaban J connectivity index is 1.57. The molecule has 1 N–H and O–H groups in total. The molecule has 0 saturated heterocycles. The largest absolute Gasteiger partial charge is 0.477 e. The third-order valence-corrected chi connectivity index (χ3v) is 6.32. The Kier molecular flexibility index (Phi) is 8.82. The van der Waals surface area contributed by atoms with Crippen LogP contribution in [-0.2, 0) is 11.2 Å². The molecule has 0 bridgehead atoms. The van der Waals surface area contributed by atoms with Gasteiger partial charge < -0.3 is 10.1 Å². The molecule has 0 fully saturated rings. The number of nitro groups is 1. The zero-order chi connectivity index (χ0) is 27.9. The maximum atomic E-state index is 13.2. The molecular formula is C28H26BrN5O5. The van der Waals surface area contributed by atoms with E-state index < -0.39 is 17.4 Å². The van der Waals surface area contributed by atoms with Gasteiger partial charge >= 0.3 is 5.69 Å². The molecule has 0 spiro atoms. The number of anilines is 1. The summed E-state index contributed by atoms with van der Waals surface area (Å²) in [5, 5.41) is 19.2. The summed E-state index contributed by atoms with van der Waals surface area (Å²) < 4.78 is 7.42. The van der Waals surface area contributed by atoms with Crippen LogP contribution in [0.15, 0.2) is 75.0 Å². The van der Waals surface area contributed by atoms with Crippen LogP contribution in [0.1, 0.15) is 36.7 Å². The number of carbonyl (C=O) groups is 1. The molecule has 0 atom stereocenters. The van der Waals surface area contributed by atoms with Gasteiger partial charge in [0.15, 0.2) is 12.4 Å². The van der Waals surface area contributed by atoms with E-state index in [9.17, 15) is 19.7 Å². The van der Waals surface area contributed by atoms with Crippen LogP contribution in [0.4, 0.5) is 11.4 Å². The Morgan fingerprint density at radius 3 is 2.67 bits per heavy atom. The Morgan fingerprint density at radius 1 is 1.18 bits per heavy atom. The van der Waals surface area contributed by atoms with Crippen LogP contribution < -0.4 is 15.6 Å². The number of aryl methyl sites for hydroxylation is 2. The summed E-state index contributed by atoms with van der Waals surface area (Å²) in [5.74, 6) is -0.00981. The Morgan fingerprint density at radius 2 is 1.95 bits per heavy atom. The second-order valence-electron chi connectivity index (χ2n) is 8.84. The summed E-state index contributed by atoms with van der Waals surface area (Å²) in [6, 6.07) is 16.7. The number of nitrogens with one attached hydrogen (secondary N) is 1. The number of carbonyl (C=O) groups excluding carboxylic acids is 1. The molecule has 39 heavy (non-hydrogen) atoms. The van der Waals surface area contributed by atoms with E-state index in [1.807, 2.05) is 32.0 Å². The van der Waals surface area contributed by atoms with E-state index in [4.69, 9.17) is 4.74 Å². The minimum atomic E-state index is -0.599. The fourth-order valence-corrected chi connectivity index (χ4v) is 4.15. The number of unbranched alkanes of at least 4 members (excludes halogenated alkanes) is 1. The van der Waals surface area contributed by atoms with Crippen LogP contribution in [0.25, 0.3) is 10.9 Å². The number of benzene rings is 3. The van der Waals surface area contributed by atoms with Gasteiger partial charge in [0.25, 0.3) is 11.5 Å². The van der Waals surface area contributed by atoms with Gasteiger partial charge in [0.2, 0.25) is 0 Å². The van der Waals surface area contributed by atoms with Crippen LogP contribution in [0.3, 0.4) is 0 Å². The average molecular weight is 592 g/mol. The zero-order valence-electron chi connectivity index (χ0n) is 21.4. The number of ether oxygens (including phenoxy) is 1. The van der Waals surface area contributed by atoms with Gasteiger partial charge in [0.05, 0.1) is 22.0 Å². The molecule has 1 aromatic heterocycles. The van der Waals surface area contributed by atoms with Crippen LogP contribution in [-0.4, -0.2) is 33.3 Å². The predicted molar refractivity (Wildman–Crippen MR) is 154 cm³/mol. The first-order chi connectivity index (χ1) is 18.7. The van der Waals surface area contributed by atoms with Crippen molar-refractivity contribution >= 4 is 50.3 Å². The van der Waals surface area contributed by atoms with E-state index in [2.05, 4.69) is 31.3 Å². The topological polar surface area (TPSA) is 129 Å². The highest BCUT2D eigenvalue weighted by molar-refractivity contribution is 9.10. The van der Waals surface area contributed by atoms with Crippen molar-refractivity contribution in [3.63, 3.8) is 0 Å². The average Bonchev–Trinajstić information content (AvgIpc) is 2.92. The zero-order valence-corrected chi connectivity index (χ0v) is 23.0. The second-order valence-corrected chi connectivity index (χ2v) is 9.76. The molecule has 0 unspecified atom stereocenters. The van der Waals surface area contributed by atoms with Gasteiger partial charge in [-0.3, -0.25) is 19.7 Å². The smallest absolute Gasteiger partial charge is 0.311 e. The summed E-state index contributed by atoms with van der Waals surface area (Å²) in [4.78, 5) is 41.3. The fraction of sp³-hybridized carbons (Fsp3) is 0.214. The van der Waals surface area contributed by atoms with Crippen LogP contribution in [0.2, 0.25) is 0 Å². The second kappa shape index (κ2) is 12.4. The van der Waals surface area contributed by atoms with Gasteiger partial charge in [0, 0.05) is 28.2 Å². The molecule has 3 aromatic carbocycles. The quantitative estimate of drug-likeness (QED) is 0.145. The highest BCUT2D eigenvalue weighted by atomic mass is 79.9. The molecule has 200 valence electrons. The molecule has 4 rings (SSSR count). The lowest BCUT2D eigenvalue weighted by Gasteiger charge is -2.10. The molecular weight excluding hydrogens is 566 g/mol. The number of hydrogen-bond donors (Lipinski definition) is 1. The normalized spacial score (nSPS) is 11.2. The van der Waals surface area contributed by atoms with E-state index in [0.29, 0.717) is 34.4 Å². The Bertz CT molecular complexity index is 1620. The maximum Gasteiger partial charge on any atom is 0.311 e. The standard InChI is InChI=1S/C28H26BrN5O5/c1-3-4-5-26-32-23-12-9-20(29)15-22(23)28(36)33(26)30-16-19-8-13-25(24(14-19)34(37)38)39-17-27(35)31-21-10-6-18(2)7-11-21/h6-16H,3-5,17H2,1-2H3,(H,31,35). The van der Waals surface area contributed by atoms with Crippen molar-refractivity contribution in [3.8, 4) is 5.75 Å². The highest BCUT2D eigenvalue weighted by Gasteiger charge is 2.17. The van der Waals surface area contributed by atoms with Crippen LogP contribution in [0, 0.1) is 17.0 Å². The molecule has 0 radical (unpaired) electrons. The van der Waals surface area contributed by atoms with Crippen molar-refractivity contribution in [1.82, 2.24) is 9.66 Å². The van der Waals surface area contributed by atoms with Crippen LogP contribution in [0.5, 0.6) is 5.75 Å². The monoisotopic (exact) mass is 591 g/mol. The SMILES string of the molecule is CCCCc1nc2ccc(Br)cc2c(=O)n1N=Cc1ccc(OCC(=O)Nc2ccc(C)cc2)c([N+](=O)[O-])c1. The first-order valence-corrected chi connectivity index (χ1v) is 13.1. The van der Waals surface area contributed by atoms with Crippen LogP contribution >= 0.6 is 15.9 Å². The van der Waals surface area contributed by atoms with E-state index in [-0.39, 0.29) is 17.0 Å². The molecule has 0 saturated carbocycles. The van der Waals surface area contributed by atoms with E-state index >= 15 is 0 Å². The minimum Gasteiger partial charge on any atom is -0.477 e. The molecule has 10 nitrogen and oxygen atoms in total. The van der Waals surface area contributed by atoms with Crippen molar-refractivity contribution in [3.05, 3.63) is 103 Å². The first kappa shape index (κ1) is 27.6. The molecule has 1 amide bonds. The summed E-state index contributed by atoms with van der Waals surface area (Å²) in [6.07, 6.45) is 3.64. The lowest BCUT2D eigenvalue weighted by Crippen LogP contribution is -2.22. The van der Waals surface area contributed by atoms with Gasteiger partial charge in [0.1, 0.15) is 5.82 Å². The molecule has 11 heteroatoms. The lowest BCUT2D eigenvalue weighted by atomic mass is 10.2. The van der Waals surface area contributed by atoms with Crippen molar-refractivity contribution in [2.75, 3.05) is 11.9 Å². The number of rotatable bonds is 10. The predicted octanol–water partition coefficient (Wildman–Crippen LogP) is 5.62. The third-order valence-electron chi connectivity index (χ3n) is 5.83. The molecule has 4 aromatic rings. The Hall–Kier alpha value is -4.38. The van der Waals surface area contributed by atoms with Gasteiger partial charge in [-0.05, 0) is 55.8 Å². The third kappa shape index (κ3) is 6.94. The number of nitro benzene ring substituents is 1. The molecule has 0 aliphatic heterocycles. The summed E-state index contributed by atoms with van der Waals surface area (Å²) in [7, 11) is 0. The number of halogens is 1. The maximum absolute atomic E-state index is 13.2. The van der Waals surface area contributed by atoms with Gasteiger partial charge in [-0.1, -0.05) is 47.0 Å². The van der Waals surface area contributed by atoms with E-state index in [0.717, 1.165) is 22.9 Å². The molecule has 0 aliphatic rings. The van der Waals surface area contributed by atoms with Crippen molar-refractivity contribution in [2.45, 2.75) is 33.1 Å². The number of nitrogens with zero attached hydrogens (tertiary/aromatic N) is 4. The summed E-state index contributed by atoms with van der Waals surface area (Å²) >= 11 is 3.38. The number of hydrogen-bond acceptors (Lipinski definition) is 7. The van der Waals surface area contributed by atoms with Gasteiger partial charge in [-0.2, -0.15) is 9.78 Å². The number of fused-ring (bicyclic) bond motifs is 1. The van der Waals surface area contributed by atoms with Gasteiger partial charge in [-0.15, -0.1) is 0 Å². The van der Waals surface area contributed by atoms with Crippen molar-refractivity contribution in [2.24, 2.45) is 5.10 Å². The van der Waals surface area contributed by atoms with Gasteiger partial charge in [-0.25, -0.2) is 4.98 Å². The molecule has 0 aliphatic carbocycles. The number of aromatic nitrogens is 2. The van der Waals surface area contributed by atoms with Crippen molar-refractivity contribution in [1.29, 1.82) is 0 Å². The minimum absolute atomic E-state index is 0.0609. The highest BCUT2D eigenvalue weighted by Crippen LogP contribution is 2.27. The first-order valence-electron chi connectivity index (χ1n) is 12.3. The van der Waals surface area contributed by atoms with Crippen molar-refractivity contribution < 1.29 is 14.5 Å². The fourth-order valence-electron chi connectivity index (χ4n) is 3.79. The number of amides is 1. The Labute approximate surface area is 232 Å². The van der Waals surface area contributed by atoms with E-state index in [1.165, 1.54) is 23.0 Å². The summed E-state index contributed by atoms with van der Waals surface area (Å²) in [5.41, 5.74) is 1.93. The summed E-state index contributed by atoms with van der Waals surface area (Å²) in [6.45, 7) is 3.57. The van der Waals surface area contributed by atoms with E-state index in [1.54, 1.807) is 30.3 Å². The molecule has 1 heterocycles.